The van der Waals surface area contributed by atoms with Gasteiger partial charge in [0.2, 0.25) is 0 Å². The van der Waals surface area contributed by atoms with Gasteiger partial charge in [0, 0.05) is 31.8 Å². The molecule has 0 aromatic heterocycles. The van der Waals surface area contributed by atoms with Crippen LogP contribution < -0.4 is 21.7 Å². The van der Waals surface area contributed by atoms with E-state index < -0.39 is 16.9 Å². The second-order valence-electron chi connectivity index (χ2n) is 3.79. The SMILES string of the molecule is CNc1cc(C(=O)NCCNC(N)=O)ccc1[N+](=O)[O-]. The summed E-state index contributed by atoms with van der Waals surface area (Å²) in [5, 5.41) is 18.3. The first kappa shape index (κ1) is 15.2. The second-order valence-corrected chi connectivity index (χ2v) is 3.79. The van der Waals surface area contributed by atoms with Crippen molar-refractivity contribution in [3.05, 3.63) is 33.9 Å². The molecule has 0 unspecified atom stereocenters. The van der Waals surface area contributed by atoms with Gasteiger partial charge in [0.05, 0.1) is 4.92 Å². The lowest BCUT2D eigenvalue weighted by atomic mass is 10.1. The minimum atomic E-state index is -0.674. The number of urea groups is 1. The molecule has 0 aliphatic heterocycles. The van der Waals surface area contributed by atoms with Crippen LogP contribution in [0.3, 0.4) is 0 Å². The first-order chi connectivity index (χ1) is 9.45. The number of nitrogens with two attached hydrogens (primary N) is 1. The molecular formula is C11H15N5O4. The average molecular weight is 281 g/mol. The van der Waals surface area contributed by atoms with Crippen molar-refractivity contribution in [1.29, 1.82) is 0 Å². The summed E-state index contributed by atoms with van der Waals surface area (Å²) < 4.78 is 0. The van der Waals surface area contributed by atoms with E-state index in [2.05, 4.69) is 16.0 Å². The number of carbonyl (C=O) groups excluding carboxylic acids is 2. The Balaban J connectivity index is 2.69. The van der Waals surface area contributed by atoms with Gasteiger partial charge in [-0.25, -0.2) is 4.79 Å². The molecule has 1 aromatic carbocycles. The van der Waals surface area contributed by atoms with Crippen molar-refractivity contribution >= 4 is 23.3 Å². The first-order valence-corrected chi connectivity index (χ1v) is 5.73. The van der Waals surface area contributed by atoms with Gasteiger partial charge >= 0.3 is 6.03 Å². The van der Waals surface area contributed by atoms with E-state index in [0.717, 1.165) is 0 Å². The number of hydrogen-bond acceptors (Lipinski definition) is 5. The summed E-state index contributed by atoms with van der Waals surface area (Å²) in [6.45, 7) is 0.403. The molecule has 0 heterocycles. The molecule has 0 saturated heterocycles. The number of nitrogens with one attached hydrogen (secondary N) is 3. The zero-order valence-corrected chi connectivity index (χ0v) is 10.8. The summed E-state index contributed by atoms with van der Waals surface area (Å²) in [5.41, 5.74) is 5.28. The van der Waals surface area contributed by atoms with Gasteiger partial charge in [-0.05, 0) is 12.1 Å². The van der Waals surface area contributed by atoms with Crippen LogP contribution in [0.25, 0.3) is 0 Å². The number of rotatable bonds is 6. The van der Waals surface area contributed by atoms with Crippen LogP contribution in [0.1, 0.15) is 10.4 Å². The fourth-order valence-electron chi connectivity index (χ4n) is 1.50. The van der Waals surface area contributed by atoms with E-state index in [0.29, 0.717) is 0 Å². The largest absolute Gasteiger partial charge is 0.383 e. The van der Waals surface area contributed by atoms with Gasteiger partial charge in [-0.2, -0.15) is 0 Å². The Kier molecular flexibility index (Phi) is 5.27. The third kappa shape index (κ3) is 4.12. The molecule has 5 N–H and O–H groups in total. The van der Waals surface area contributed by atoms with E-state index in [1.54, 1.807) is 0 Å². The molecule has 0 atom stereocenters. The predicted octanol–water partition coefficient (Wildman–Crippen LogP) is 0.0346. The van der Waals surface area contributed by atoms with Gasteiger partial charge in [-0.1, -0.05) is 0 Å². The van der Waals surface area contributed by atoms with Gasteiger partial charge in [0.1, 0.15) is 5.69 Å². The van der Waals surface area contributed by atoms with E-state index in [-0.39, 0.29) is 30.0 Å². The van der Waals surface area contributed by atoms with Crippen molar-refractivity contribution in [2.75, 3.05) is 25.5 Å². The number of hydrogen-bond donors (Lipinski definition) is 4. The highest BCUT2D eigenvalue weighted by molar-refractivity contribution is 5.95. The van der Waals surface area contributed by atoms with Gasteiger partial charge < -0.3 is 21.7 Å². The highest BCUT2D eigenvalue weighted by Gasteiger charge is 2.15. The quantitative estimate of drug-likeness (QED) is 0.331. The fourth-order valence-corrected chi connectivity index (χ4v) is 1.50. The maximum atomic E-state index is 11.8. The smallest absolute Gasteiger partial charge is 0.312 e. The number of nitrogens with zero attached hydrogens (tertiary/aromatic N) is 1. The molecule has 3 amide bonds. The summed E-state index contributed by atoms with van der Waals surface area (Å²) in [7, 11) is 1.53. The third-order valence-corrected chi connectivity index (χ3v) is 2.43. The van der Waals surface area contributed by atoms with Crippen molar-refractivity contribution < 1.29 is 14.5 Å². The normalized spacial score (nSPS) is 9.65. The summed E-state index contributed by atoms with van der Waals surface area (Å²) in [6.07, 6.45) is 0. The maximum Gasteiger partial charge on any atom is 0.312 e. The van der Waals surface area contributed by atoms with Crippen molar-refractivity contribution in [3.63, 3.8) is 0 Å². The van der Waals surface area contributed by atoms with Crippen LogP contribution in [0.15, 0.2) is 18.2 Å². The molecule has 1 aromatic rings. The fraction of sp³-hybridized carbons (Fsp3) is 0.273. The van der Waals surface area contributed by atoms with Crippen LogP contribution in [-0.4, -0.2) is 37.0 Å². The van der Waals surface area contributed by atoms with E-state index in [1.165, 1.54) is 25.2 Å². The Hall–Kier alpha value is -2.84. The lowest BCUT2D eigenvalue weighted by Gasteiger charge is -2.07. The Labute approximate surface area is 114 Å². The van der Waals surface area contributed by atoms with Gasteiger partial charge in [0.25, 0.3) is 11.6 Å². The molecule has 0 aliphatic rings. The molecule has 0 fully saturated rings. The number of nitro benzene ring substituents is 1. The number of benzene rings is 1. The van der Waals surface area contributed by atoms with Crippen molar-refractivity contribution in [2.45, 2.75) is 0 Å². The van der Waals surface area contributed by atoms with Crippen molar-refractivity contribution in [3.8, 4) is 0 Å². The Bertz CT molecular complexity index is 532. The summed E-state index contributed by atoms with van der Waals surface area (Å²) in [6, 6.07) is 3.32. The first-order valence-electron chi connectivity index (χ1n) is 5.73. The molecule has 1 rings (SSSR count). The van der Waals surface area contributed by atoms with Crippen LogP contribution in [0.4, 0.5) is 16.2 Å². The molecule has 9 heteroatoms. The maximum absolute atomic E-state index is 11.8. The lowest BCUT2D eigenvalue weighted by Crippen LogP contribution is -2.37. The Morgan fingerprint density at radius 1 is 1.30 bits per heavy atom. The van der Waals surface area contributed by atoms with Crippen molar-refractivity contribution in [2.24, 2.45) is 5.73 Å². The van der Waals surface area contributed by atoms with Gasteiger partial charge in [-0.15, -0.1) is 0 Å². The minimum absolute atomic E-state index is 0.112. The summed E-state index contributed by atoms with van der Waals surface area (Å²) in [5.74, 6) is -0.400. The molecule has 0 saturated carbocycles. The monoisotopic (exact) mass is 281 g/mol. The zero-order valence-electron chi connectivity index (χ0n) is 10.8. The van der Waals surface area contributed by atoms with Gasteiger partial charge in [-0.3, -0.25) is 14.9 Å². The number of primary amides is 1. The number of nitro groups is 1. The van der Waals surface area contributed by atoms with Crippen LogP contribution in [0, 0.1) is 10.1 Å². The molecule has 0 radical (unpaired) electrons. The molecule has 0 bridgehead atoms. The number of anilines is 1. The van der Waals surface area contributed by atoms with E-state index in [4.69, 9.17) is 5.73 Å². The van der Waals surface area contributed by atoms with Crippen molar-refractivity contribution in [1.82, 2.24) is 10.6 Å². The van der Waals surface area contributed by atoms with Crippen LogP contribution in [0.2, 0.25) is 0 Å². The predicted molar refractivity (Wildman–Crippen MR) is 72.6 cm³/mol. The topological polar surface area (TPSA) is 139 Å². The molecular weight excluding hydrogens is 266 g/mol. The minimum Gasteiger partial charge on any atom is -0.383 e. The van der Waals surface area contributed by atoms with E-state index >= 15 is 0 Å². The summed E-state index contributed by atoms with van der Waals surface area (Å²) in [4.78, 5) is 32.4. The molecule has 0 spiro atoms. The Morgan fingerprint density at radius 2 is 1.95 bits per heavy atom. The van der Waals surface area contributed by atoms with Gasteiger partial charge in [0.15, 0.2) is 0 Å². The molecule has 20 heavy (non-hydrogen) atoms. The van der Waals surface area contributed by atoms with E-state index in [1.807, 2.05) is 0 Å². The standard InChI is InChI=1S/C11H15N5O4/c1-13-8-6-7(2-3-9(8)16(19)20)10(17)14-4-5-15-11(12)18/h2-3,6,13H,4-5H2,1H3,(H,14,17)(H3,12,15,18). The van der Waals surface area contributed by atoms with Crippen LogP contribution in [-0.2, 0) is 0 Å². The molecule has 0 aliphatic carbocycles. The lowest BCUT2D eigenvalue weighted by molar-refractivity contribution is -0.383. The third-order valence-electron chi connectivity index (χ3n) is 2.43. The summed E-state index contributed by atoms with van der Waals surface area (Å²) >= 11 is 0. The van der Waals surface area contributed by atoms with Crippen LogP contribution in [0.5, 0.6) is 0 Å². The number of amides is 3. The van der Waals surface area contributed by atoms with E-state index in [9.17, 15) is 19.7 Å². The van der Waals surface area contributed by atoms with Crippen LogP contribution >= 0.6 is 0 Å². The molecule has 108 valence electrons. The molecule has 9 nitrogen and oxygen atoms in total. The second kappa shape index (κ2) is 6.92. The zero-order chi connectivity index (χ0) is 15.1. The highest BCUT2D eigenvalue weighted by Crippen LogP contribution is 2.24. The number of carbonyl (C=O) groups is 2. The average Bonchev–Trinajstić information content (AvgIpc) is 2.42. The highest BCUT2D eigenvalue weighted by atomic mass is 16.6. The Morgan fingerprint density at radius 3 is 2.50 bits per heavy atom.